The number of hydrogen-bond donors (Lipinski definition) is 0. The predicted octanol–water partition coefficient (Wildman–Crippen LogP) is 6.03. The molecular formula is C25H32ClNO. The number of hydrogen-bond acceptors (Lipinski definition) is 2. The van der Waals surface area contributed by atoms with Gasteiger partial charge in [0.15, 0.2) is 0 Å². The molecule has 0 radical (unpaired) electrons. The van der Waals surface area contributed by atoms with Crippen molar-refractivity contribution in [3.05, 3.63) is 77.4 Å². The summed E-state index contributed by atoms with van der Waals surface area (Å²) < 4.78 is 5.99. The largest absolute Gasteiger partial charge is 0.489 e. The van der Waals surface area contributed by atoms with Gasteiger partial charge in [-0.25, -0.2) is 0 Å². The summed E-state index contributed by atoms with van der Waals surface area (Å²) in [6.45, 7) is 10.8. The fourth-order valence-electron chi connectivity index (χ4n) is 2.59. The highest BCUT2D eigenvalue weighted by Crippen LogP contribution is 2.17. The maximum Gasteiger partial charge on any atom is 0.120 e. The molecule has 0 bridgehead atoms. The first-order valence-electron chi connectivity index (χ1n) is 9.46. The van der Waals surface area contributed by atoms with Crippen molar-refractivity contribution in [2.75, 3.05) is 13.6 Å². The summed E-state index contributed by atoms with van der Waals surface area (Å²) in [5, 5.41) is 0. The number of nitrogens with zero attached hydrogens (tertiary/aromatic N) is 1. The average Bonchev–Trinajstić information content (AvgIpc) is 2.60. The normalized spacial score (nSPS) is 11.1. The lowest BCUT2D eigenvalue weighted by Crippen LogP contribution is -2.17. The molecule has 2 nitrogen and oxygen atoms in total. The smallest absolute Gasteiger partial charge is 0.120 e. The lowest BCUT2D eigenvalue weighted by Gasteiger charge is -2.15. The third-order valence-electron chi connectivity index (χ3n) is 4.07. The van der Waals surface area contributed by atoms with Crippen LogP contribution in [0.15, 0.2) is 60.7 Å². The first-order valence-corrected chi connectivity index (χ1v) is 9.46. The first-order chi connectivity index (χ1) is 12.8. The molecule has 0 heterocycles. The van der Waals surface area contributed by atoms with Crippen molar-refractivity contribution in [3.8, 4) is 17.6 Å². The van der Waals surface area contributed by atoms with Crippen molar-refractivity contribution in [1.82, 2.24) is 4.90 Å². The number of ether oxygens (including phenoxy) is 1. The molecule has 0 spiro atoms. The Labute approximate surface area is 177 Å². The van der Waals surface area contributed by atoms with Gasteiger partial charge in [-0.15, -0.1) is 12.4 Å². The van der Waals surface area contributed by atoms with E-state index in [-0.39, 0.29) is 17.8 Å². The number of allylic oxidation sites excluding steroid dienone is 1. The van der Waals surface area contributed by atoms with Gasteiger partial charge >= 0.3 is 0 Å². The Balaban J connectivity index is 0.00000392. The monoisotopic (exact) mass is 397 g/mol. The highest BCUT2D eigenvalue weighted by Gasteiger charge is 2.03. The minimum atomic E-state index is 0. The molecule has 28 heavy (non-hydrogen) atoms. The molecule has 3 heteroatoms. The Morgan fingerprint density at radius 2 is 1.82 bits per heavy atom. The van der Waals surface area contributed by atoms with Gasteiger partial charge in [-0.2, -0.15) is 0 Å². The molecule has 0 saturated heterocycles. The van der Waals surface area contributed by atoms with Crippen molar-refractivity contribution in [2.45, 2.75) is 40.8 Å². The fourth-order valence-corrected chi connectivity index (χ4v) is 2.59. The SMILES string of the molecule is Cc1ccccc1COc1cccc(CN(C)C/C=C/C#CC(C)(C)C)c1.Cl. The van der Waals surface area contributed by atoms with Crippen LogP contribution in [0, 0.1) is 24.2 Å². The summed E-state index contributed by atoms with van der Waals surface area (Å²) in [6.07, 6.45) is 4.06. The van der Waals surface area contributed by atoms with Crippen LogP contribution in [0.4, 0.5) is 0 Å². The quantitative estimate of drug-likeness (QED) is 0.528. The van der Waals surface area contributed by atoms with E-state index < -0.39 is 0 Å². The minimum absolute atomic E-state index is 0. The van der Waals surface area contributed by atoms with Gasteiger partial charge < -0.3 is 4.74 Å². The maximum atomic E-state index is 5.99. The topological polar surface area (TPSA) is 12.5 Å². The summed E-state index contributed by atoms with van der Waals surface area (Å²) in [7, 11) is 2.11. The highest BCUT2D eigenvalue weighted by atomic mass is 35.5. The van der Waals surface area contributed by atoms with E-state index in [1.165, 1.54) is 16.7 Å². The third kappa shape index (κ3) is 9.13. The molecule has 0 amide bonds. The van der Waals surface area contributed by atoms with Crippen molar-refractivity contribution in [3.63, 3.8) is 0 Å². The highest BCUT2D eigenvalue weighted by molar-refractivity contribution is 5.85. The second kappa shape index (κ2) is 11.6. The summed E-state index contributed by atoms with van der Waals surface area (Å²) in [5.74, 6) is 7.24. The molecule has 0 aliphatic heterocycles. The van der Waals surface area contributed by atoms with E-state index >= 15 is 0 Å². The Morgan fingerprint density at radius 1 is 1.07 bits per heavy atom. The van der Waals surface area contributed by atoms with Crippen LogP contribution < -0.4 is 4.74 Å². The molecular weight excluding hydrogens is 366 g/mol. The second-order valence-electron chi connectivity index (χ2n) is 7.98. The number of aryl methyl sites for hydroxylation is 1. The van der Waals surface area contributed by atoms with Gasteiger partial charge in [0.2, 0.25) is 0 Å². The molecule has 0 aliphatic carbocycles. The van der Waals surface area contributed by atoms with Gasteiger partial charge in [0.05, 0.1) is 0 Å². The molecule has 0 aromatic heterocycles. The third-order valence-corrected chi connectivity index (χ3v) is 4.07. The molecule has 0 unspecified atom stereocenters. The molecule has 150 valence electrons. The molecule has 0 saturated carbocycles. The predicted molar refractivity (Wildman–Crippen MR) is 122 cm³/mol. The van der Waals surface area contributed by atoms with E-state index in [1.807, 2.05) is 12.1 Å². The number of likely N-dealkylation sites (N-methyl/N-ethyl adjacent to an activating group) is 1. The summed E-state index contributed by atoms with van der Waals surface area (Å²) in [5.41, 5.74) is 3.78. The van der Waals surface area contributed by atoms with Crippen LogP contribution >= 0.6 is 12.4 Å². The van der Waals surface area contributed by atoms with Crippen LogP contribution in [0.3, 0.4) is 0 Å². The van der Waals surface area contributed by atoms with Gasteiger partial charge in [0.25, 0.3) is 0 Å². The molecule has 0 atom stereocenters. The zero-order valence-electron chi connectivity index (χ0n) is 17.7. The Morgan fingerprint density at radius 3 is 2.54 bits per heavy atom. The van der Waals surface area contributed by atoms with Crippen LogP contribution in [0.5, 0.6) is 5.75 Å². The number of rotatable bonds is 7. The molecule has 0 fully saturated rings. The standard InChI is InChI=1S/C25H31NO.ClH/c1-21-12-7-8-14-23(21)20-27-24-15-11-13-22(18-24)19-26(5)17-10-6-9-16-25(2,3)4;/h6-8,10-15,18H,17,19-20H2,1-5H3;1H/b10-6+;. The number of benzene rings is 2. The average molecular weight is 398 g/mol. The lowest BCUT2D eigenvalue weighted by molar-refractivity contribution is 0.304. The van der Waals surface area contributed by atoms with Crippen LogP contribution in [0.1, 0.15) is 37.5 Å². The summed E-state index contributed by atoms with van der Waals surface area (Å²) in [4.78, 5) is 2.26. The zero-order valence-corrected chi connectivity index (χ0v) is 18.5. The summed E-state index contributed by atoms with van der Waals surface area (Å²) in [6, 6.07) is 16.7. The van der Waals surface area contributed by atoms with Crippen LogP contribution in [-0.2, 0) is 13.2 Å². The zero-order chi connectivity index (χ0) is 19.7. The van der Waals surface area contributed by atoms with E-state index in [0.29, 0.717) is 6.61 Å². The summed E-state index contributed by atoms with van der Waals surface area (Å²) >= 11 is 0. The van der Waals surface area contributed by atoms with Crippen LogP contribution in [0.25, 0.3) is 0 Å². The lowest BCUT2D eigenvalue weighted by atomic mass is 9.98. The van der Waals surface area contributed by atoms with Gasteiger partial charge in [0.1, 0.15) is 12.4 Å². The molecule has 0 aliphatic rings. The Hall–Kier alpha value is -2.21. The van der Waals surface area contributed by atoms with Gasteiger partial charge in [0, 0.05) is 18.5 Å². The second-order valence-corrected chi connectivity index (χ2v) is 7.98. The van der Waals surface area contributed by atoms with Gasteiger partial charge in [-0.1, -0.05) is 54.3 Å². The van der Waals surface area contributed by atoms with Gasteiger partial charge in [-0.05, 0) is 69.6 Å². The molecule has 2 aromatic carbocycles. The maximum absolute atomic E-state index is 5.99. The van der Waals surface area contributed by atoms with Crippen LogP contribution in [0.2, 0.25) is 0 Å². The van der Waals surface area contributed by atoms with E-state index in [4.69, 9.17) is 4.74 Å². The Bertz CT molecular complexity index is 824. The van der Waals surface area contributed by atoms with E-state index in [2.05, 4.69) is 100 Å². The van der Waals surface area contributed by atoms with Gasteiger partial charge in [-0.3, -0.25) is 4.90 Å². The molecule has 2 rings (SSSR count). The van der Waals surface area contributed by atoms with E-state index in [9.17, 15) is 0 Å². The van der Waals surface area contributed by atoms with Crippen molar-refractivity contribution in [2.24, 2.45) is 5.41 Å². The Kier molecular flexibility index (Phi) is 9.87. The fraction of sp³-hybridized carbons (Fsp3) is 0.360. The van der Waals surface area contributed by atoms with Crippen molar-refractivity contribution < 1.29 is 4.74 Å². The number of halogens is 1. The van der Waals surface area contributed by atoms with Crippen molar-refractivity contribution >= 4 is 12.4 Å². The molecule has 2 aromatic rings. The minimum Gasteiger partial charge on any atom is -0.489 e. The first kappa shape index (κ1) is 23.8. The van der Waals surface area contributed by atoms with E-state index in [1.54, 1.807) is 0 Å². The van der Waals surface area contributed by atoms with E-state index in [0.717, 1.165) is 18.8 Å². The van der Waals surface area contributed by atoms with Crippen molar-refractivity contribution in [1.29, 1.82) is 0 Å². The molecule has 0 N–H and O–H groups in total. The van der Waals surface area contributed by atoms with Crippen LogP contribution in [-0.4, -0.2) is 18.5 Å².